The van der Waals surface area contributed by atoms with Gasteiger partial charge in [0.1, 0.15) is 11.5 Å². The number of hydrogen-bond donors (Lipinski definition) is 2. The molecule has 0 unspecified atom stereocenters. The van der Waals surface area contributed by atoms with Crippen molar-refractivity contribution in [3.05, 3.63) is 29.3 Å². The van der Waals surface area contributed by atoms with Crippen molar-refractivity contribution in [2.24, 2.45) is 5.41 Å². The molecule has 1 aromatic rings. The molecule has 0 aliphatic heterocycles. The summed E-state index contributed by atoms with van der Waals surface area (Å²) < 4.78 is 0. The zero-order chi connectivity index (χ0) is 12.8. The van der Waals surface area contributed by atoms with E-state index < -0.39 is 0 Å². The Morgan fingerprint density at radius 3 is 2.35 bits per heavy atom. The molecule has 0 amide bonds. The molecular weight excluding hydrogens is 216 g/mol. The van der Waals surface area contributed by atoms with E-state index in [0.717, 1.165) is 5.57 Å². The average Bonchev–Trinajstić information content (AvgIpc) is 2.45. The van der Waals surface area contributed by atoms with Gasteiger partial charge in [-0.2, -0.15) is 0 Å². The maximum atomic E-state index is 11.5. The SMILES string of the molecule is Cc1cc(O)c(C2=CC(=O)CC2(C)C)cc1O. The van der Waals surface area contributed by atoms with Crippen molar-refractivity contribution in [1.29, 1.82) is 0 Å². The van der Waals surface area contributed by atoms with Gasteiger partial charge in [0, 0.05) is 12.0 Å². The van der Waals surface area contributed by atoms with Crippen molar-refractivity contribution >= 4 is 11.4 Å². The predicted molar refractivity (Wildman–Crippen MR) is 65.9 cm³/mol. The Labute approximate surface area is 100 Å². The van der Waals surface area contributed by atoms with Crippen molar-refractivity contribution < 1.29 is 15.0 Å². The van der Waals surface area contributed by atoms with Gasteiger partial charge in [0.2, 0.25) is 0 Å². The molecule has 1 aliphatic rings. The first-order valence-electron chi connectivity index (χ1n) is 5.59. The number of phenols is 2. The van der Waals surface area contributed by atoms with Crippen LogP contribution in [0.3, 0.4) is 0 Å². The normalized spacial score (nSPS) is 18.3. The predicted octanol–water partition coefficient (Wildman–Crippen LogP) is 2.79. The first-order valence-corrected chi connectivity index (χ1v) is 5.59. The molecular formula is C14H16O3. The molecule has 1 aromatic carbocycles. The van der Waals surface area contributed by atoms with Crippen LogP contribution in [0.15, 0.2) is 18.2 Å². The van der Waals surface area contributed by atoms with Gasteiger partial charge in [0.25, 0.3) is 0 Å². The Balaban J connectivity index is 2.59. The lowest BCUT2D eigenvalue weighted by Crippen LogP contribution is -2.10. The second-order valence-electron chi connectivity index (χ2n) is 5.24. The number of ketones is 1. The molecule has 0 fully saturated rings. The fraction of sp³-hybridized carbons (Fsp3) is 0.357. The molecule has 17 heavy (non-hydrogen) atoms. The van der Waals surface area contributed by atoms with Crippen LogP contribution in [-0.4, -0.2) is 16.0 Å². The molecule has 3 nitrogen and oxygen atoms in total. The molecule has 0 spiro atoms. The second kappa shape index (κ2) is 3.62. The maximum absolute atomic E-state index is 11.5. The summed E-state index contributed by atoms with van der Waals surface area (Å²) in [5.74, 6) is 0.299. The Morgan fingerprint density at radius 2 is 1.82 bits per heavy atom. The largest absolute Gasteiger partial charge is 0.508 e. The van der Waals surface area contributed by atoms with E-state index in [1.165, 1.54) is 12.1 Å². The number of aryl methyl sites for hydroxylation is 1. The van der Waals surface area contributed by atoms with Gasteiger partial charge in [0.15, 0.2) is 5.78 Å². The van der Waals surface area contributed by atoms with Crippen LogP contribution in [-0.2, 0) is 4.79 Å². The van der Waals surface area contributed by atoms with E-state index in [2.05, 4.69) is 0 Å². The van der Waals surface area contributed by atoms with Crippen LogP contribution in [0, 0.1) is 12.3 Å². The minimum Gasteiger partial charge on any atom is -0.508 e. The first kappa shape index (κ1) is 11.7. The highest BCUT2D eigenvalue weighted by atomic mass is 16.3. The molecule has 0 saturated heterocycles. The molecule has 1 aliphatic carbocycles. The average molecular weight is 232 g/mol. The summed E-state index contributed by atoms with van der Waals surface area (Å²) in [6.45, 7) is 5.64. The highest BCUT2D eigenvalue weighted by Crippen LogP contribution is 2.46. The zero-order valence-electron chi connectivity index (χ0n) is 10.2. The summed E-state index contributed by atoms with van der Waals surface area (Å²) >= 11 is 0. The van der Waals surface area contributed by atoms with E-state index in [9.17, 15) is 15.0 Å². The third-order valence-corrected chi connectivity index (χ3v) is 3.26. The van der Waals surface area contributed by atoms with Gasteiger partial charge in [0.05, 0.1) is 0 Å². The number of allylic oxidation sites excluding steroid dienone is 2. The molecule has 0 atom stereocenters. The number of carbonyl (C=O) groups is 1. The summed E-state index contributed by atoms with van der Waals surface area (Å²) in [6, 6.07) is 3.04. The van der Waals surface area contributed by atoms with E-state index in [0.29, 0.717) is 17.5 Å². The Hall–Kier alpha value is -1.77. The summed E-state index contributed by atoms with van der Waals surface area (Å²) in [4.78, 5) is 11.5. The number of aromatic hydroxyl groups is 2. The van der Waals surface area contributed by atoms with Crippen LogP contribution in [0.4, 0.5) is 0 Å². The highest BCUT2D eigenvalue weighted by molar-refractivity contribution is 6.04. The number of hydrogen-bond acceptors (Lipinski definition) is 3. The van der Waals surface area contributed by atoms with Gasteiger partial charge < -0.3 is 10.2 Å². The monoisotopic (exact) mass is 232 g/mol. The minimum atomic E-state index is -0.295. The maximum Gasteiger partial charge on any atom is 0.156 e. The zero-order valence-corrected chi connectivity index (χ0v) is 10.2. The standard InChI is InChI=1S/C14H16O3/c1-8-4-13(17)10(6-12(8)16)11-5-9(15)7-14(11,2)3/h4-6,16-17H,7H2,1-3H3. The number of phenolic OH excluding ortho intramolecular Hbond substituents is 2. The van der Waals surface area contributed by atoms with E-state index in [4.69, 9.17) is 0 Å². The lowest BCUT2D eigenvalue weighted by molar-refractivity contribution is -0.114. The van der Waals surface area contributed by atoms with Crippen LogP contribution in [0.1, 0.15) is 31.4 Å². The Kier molecular flexibility index (Phi) is 2.49. The van der Waals surface area contributed by atoms with Crippen LogP contribution >= 0.6 is 0 Å². The third kappa shape index (κ3) is 1.93. The van der Waals surface area contributed by atoms with Gasteiger partial charge in [-0.1, -0.05) is 13.8 Å². The summed E-state index contributed by atoms with van der Waals surface area (Å²) in [5, 5.41) is 19.6. The van der Waals surface area contributed by atoms with Gasteiger partial charge >= 0.3 is 0 Å². The summed E-state index contributed by atoms with van der Waals surface area (Å²) in [6.07, 6.45) is 2.00. The molecule has 0 radical (unpaired) electrons. The lowest BCUT2D eigenvalue weighted by atomic mass is 9.81. The van der Waals surface area contributed by atoms with Gasteiger partial charge in [-0.25, -0.2) is 0 Å². The van der Waals surface area contributed by atoms with E-state index in [1.807, 2.05) is 13.8 Å². The summed E-state index contributed by atoms with van der Waals surface area (Å²) in [7, 11) is 0. The first-order chi connectivity index (χ1) is 7.81. The number of rotatable bonds is 1. The smallest absolute Gasteiger partial charge is 0.156 e. The van der Waals surface area contributed by atoms with E-state index >= 15 is 0 Å². The molecule has 0 aromatic heterocycles. The van der Waals surface area contributed by atoms with Crippen molar-refractivity contribution in [3.63, 3.8) is 0 Å². The minimum absolute atomic E-state index is 0.0597. The lowest BCUT2D eigenvalue weighted by Gasteiger charge is -2.22. The molecule has 3 heteroatoms. The Morgan fingerprint density at radius 1 is 1.18 bits per heavy atom. The topological polar surface area (TPSA) is 57.5 Å². The third-order valence-electron chi connectivity index (χ3n) is 3.26. The number of carbonyl (C=O) groups excluding carboxylic acids is 1. The van der Waals surface area contributed by atoms with E-state index in [-0.39, 0.29) is 22.7 Å². The molecule has 2 rings (SSSR count). The fourth-order valence-electron chi connectivity index (χ4n) is 2.28. The molecule has 0 saturated carbocycles. The van der Waals surface area contributed by atoms with Crippen molar-refractivity contribution in [2.75, 3.05) is 0 Å². The fourth-order valence-corrected chi connectivity index (χ4v) is 2.28. The van der Waals surface area contributed by atoms with Gasteiger partial charge in [-0.3, -0.25) is 4.79 Å². The van der Waals surface area contributed by atoms with Crippen LogP contribution in [0.25, 0.3) is 5.57 Å². The quantitative estimate of drug-likeness (QED) is 0.732. The van der Waals surface area contributed by atoms with Crippen molar-refractivity contribution in [2.45, 2.75) is 27.2 Å². The van der Waals surface area contributed by atoms with Gasteiger partial charge in [-0.05, 0) is 41.7 Å². The molecule has 2 N–H and O–H groups in total. The van der Waals surface area contributed by atoms with Crippen LogP contribution < -0.4 is 0 Å². The van der Waals surface area contributed by atoms with Crippen LogP contribution in [0.2, 0.25) is 0 Å². The molecule has 0 bridgehead atoms. The highest BCUT2D eigenvalue weighted by Gasteiger charge is 2.34. The Bertz CT molecular complexity index is 525. The summed E-state index contributed by atoms with van der Waals surface area (Å²) in [5.41, 5.74) is 1.66. The molecule has 90 valence electrons. The molecule has 0 heterocycles. The van der Waals surface area contributed by atoms with Crippen molar-refractivity contribution in [1.82, 2.24) is 0 Å². The van der Waals surface area contributed by atoms with Crippen molar-refractivity contribution in [3.8, 4) is 11.5 Å². The van der Waals surface area contributed by atoms with E-state index in [1.54, 1.807) is 13.0 Å². The van der Waals surface area contributed by atoms with Gasteiger partial charge in [-0.15, -0.1) is 0 Å². The number of benzene rings is 1. The van der Waals surface area contributed by atoms with Crippen LogP contribution in [0.5, 0.6) is 11.5 Å². The second-order valence-corrected chi connectivity index (χ2v) is 5.24.